The first-order valence-electron chi connectivity index (χ1n) is 11.0. The fourth-order valence-electron chi connectivity index (χ4n) is 3.97. The number of hydrogen-bond acceptors (Lipinski definition) is 5. The van der Waals surface area contributed by atoms with Gasteiger partial charge in [0.05, 0.1) is 29.2 Å². The highest BCUT2D eigenvalue weighted by Crippen LogP contribution is 2.22. The molecular weight excluding hydrogens is 446 g/mol. The quantitative estimate of drug-likeness (QED) is 0.364. The Morgan fingerprint density at radius 2 is 1.62 bits per heavy atom. The van der Waals surface area contributed by atoms with Crippen molar-refractivity contribution in [1.82, 2.24) is 24.5 Å². The van der Waals surface area contributed by atoms with Crippen molar-refractivity contribution < 1.29 is 4.79 Å². The Hall–Kier alpha value is -3.91. The highest BCUT2D eigenvalue weighted by Gasteiger charge is 2.18. The average Bonchev–Trinajstić information content (AvgIpc) is 3.30. The maximum atomic E-state index is 13.3. The average molecular weight is 470 g/mol. The topological polar surface area (TPSA) is 81.3 Å². The van der Waals surface area contributed by atoms with E-state index in [1.807, 2.05) is 90.2 Å². The molecule has 7 nitrogen and oxygen atoms in total. The largest absolute Gasteiger partial charge is 0.349 e. The van der Waals surface area contributed by atoms with E-state index in [9.17, 15) is 9.59 Å². The summed E-state index contributed by atoms with van der Waals surface area (Å²) in [5, 5.41) is 12.8. The fraction of sp³-hybridized carbons (Fsp3) is 0.154. The van der Waals surface area contributed by atoms with Crippen LogP contribution in [-0.2, 0) is 11.3 Å². The van der Waals surface area contributed by atoms with Gasteiger partial charge >= 0.3 is 0 Å². The van der Waals surface area contributed by atoms with Crippen LogP contribution in [0.1, 0.15) is 24.1 Å². The van der Waals surface area contributed by atoms with E-state index in [1.54, 1.807) is 10.6 Å². The minimum atomic E-state index is -0.120. The van der Waals surface area contributed by atoms with E-state index in [-0.39, 0.29) is 23.3 Å². The van der Waals surface area contributed by atoms with Crippen LogP contribution in [0.5, 0.6) is 0 Å². The Morgan fingerprint density at radius 1 is 0.941 bits per heavy atom. The third-order valence-electron chi connectivity index (χ3n) is 5.67. The van der Waals surface area contributed by atoms with Crippen molar-refractivity contribution in [2.45, 2.75) is 24.7 Å². The number of hydrogen-bond donors (Lipinski definition) is 1. The zero-order chi connectivity index (χ0) is 23.5. The van der Waals surface area contributed by atoms with Crippen LogP contribution in [0.2, 0.25) is 0 Å². The highest BCUT2D eigenvalue weighted by molar-refractivity contribution is 7.99. The summed E-state index contributed by atoms with van der Waals surface area (Å²) in [6, 6.07) is 26.9. The molecule has 0 radical (unpaired) electrons. The highest BCUT2D eigenvalue weighted by atomic mass is 32.2. The molecule has 0 fully saturated rings. The van der Waals surface area contributed by atoms with E-state index < -0.39 is 0 Å². The van der Waals surface area contributed by atoms with Crippen molar-refractivity contribution in [3.8, 4) is 0 Å². The van der Waals surface area contributed by atoms with Crippen LogP contribution in [0.3, 0.4) is 0 Å². The minimum absolute atomic E-state index is 0.0960. The van der Waals surface area contributed by atoms with Gasteiger partial charge in [0.25, 0.3) is 5.56 Å². The Labute approximate surface area is 200 Å². The van der Waals surface area contributed by atoms with Crippen LogP contribution < -0.4 is 10.9 Å². The van der Waals surface area contributed by atoms with E-state index in [2.05, 4.69) is 15.5 Å². The molecule has 5 aromatic rings. The number of amides is 1. The summed E-state index contributed by atoms with van der Waals surface area (Å²) in [6.45, 7) is 2.34. The third-order valence-corrected chi connectivity index (χ3v) is 6.60. The summed E-state index contributed by atoms with van der Waals surface area (Å²) < 4.78 is 3.49. The SMILES string of the molecule is CC(NC(=O)CSc1nnc2n(Cc3ccccc3)c(=O)c3ccccc3n12)c1ccccc1. The maximum absolute atomic E-state index is 13.3. The van der Waals surface area contributed by atoms with Crippen LogP contribution in [-0.4, -0.2) is 30.8 Å². The summed E-state index contributed by atoms with van der Waals surface area (Å²) in [5.74, 6) is 0.539. The molecule has 0 saturated heterocycles. The molecule has 2 heterocycles. The number of rotatable bonds is 7. The minimum Gasteiger partial charge on any atom is -0.349 e. The lowest BCUT2D eigenvalue weighted by Gasteiger charge is -2.14. The number of aromatic nitrogens is 4. The number of benzene rings is 3. The molecule has 0 saturated carbocycles. The Bertz CT molecular complexity index is 1510. The smallest absolute Gasteiger partial charge is 0.263 e. The van der Waals surface area contributed by atoms with Gasteiger partial charge in [0.2, 0.25) is 11.7 Å². The van der Waals surface area contributed by atoms with E-state index in [1.165, 1.54) is 11.8 Å². The number of nitrogens with one attached hydrogen (secondary N) is 1. The molecule has 0 aliphatic carbocycles. The lowest BCUT2D eigenvalue weighted by atomic mass is 10.1. The van der Waals surface area contributed by atoms with Gasteiger partial charge in [0, 0.05) is 0 Å². The van der Waals surface area contributed by atoms with Gasteiger partial charge in [-0.1, -0.05) is 84.6 Å². The number of nitrogens with zero attached hydrogens (tertiary/aromatic N) is 4. The lowest BCUT2D eigenvalue weighted by molar-refractivity contribution is -0.119. The molecule has 0 aliphatic rings. The second-order valence-electron chi connectivity index (χ2n) is 8.00. The molecule has 1 amide bonds. The van der Waals surface area contributed by atoms with Crippen molar-refractivity contribution in [3.63, 3.8) is 0 Å². The monoisotopic (exact) mass is 469 g/mol. The summed E-state index contributed by atoms with van der Waals surface area (Å²) >= 11 is 1.30. The summed E-state index contributed by atoms with van der Waals surface area (Å²) in [5.41, 5.74) is 2.64. The van der Waals surface area contributed by atoms with Crippen LogP contribution in [0.15, 0.2) is 94.9 Å². The molecule has 3 aromatic carbocycles. The zero-order valence-corrected chi connectivity index (χ0v) is 19.4. The number of carbonyl (C=O) groups is 1. The van der Waals surface area contributed by atoms with Crippen molar-refractivity contribution in [3.05, 3.63) is 106 Å². The summed E-state index contributed by atoms with van der Waals surface area (Å²) in [7, 11) is 0. The molecule has 1 atom stereocenters. The molecule has 34 heavy (non-hydrogen) atoms. The zero-order valence-electron chi connectivity index (χ0n) is 18.6. The van der Waals surface area contributed by atoms with Crippen LogP contribution in [0, 0.1) is 0 Å². The molecule has 0 aliphatic heterocycles. The Morgan fingerprint density at radius 3 is 2.38 bits per heavy atom. The fourth-order valence-corrected chi connectivity index (χ4v) is 4.73. The number of thioether (sulfide) groups is 1. The first-order chi connectivity index (χ1) is 16.6. The Kier molecular flexibility index (Phi) is 6.14. The van der Waals surface area contributed by atoms with E-state index in [4.69, 9.17) is 0 Å². The number of para-hydroxylation sites is 1. The molecule has 1 N–H and O–H groups in total. The standard InChI is InChI=1S/C26H23N5O2S/c1-18(20-12-6-3-7-13-20)27-23(32)17-34-26-29-28-25-30(16-19-10-4-2-5-11-19)24(33)21-14-8-9-15-22(21)31(25)26/h2-15,18H,16-17H2,1H3,(H,27,32). The number of carbonyl (C=O) groups excluding carboxylic acids is 1. The predicted molar refractivity (Wildman–Crippen MR) is 134 cm³/mol. The summed E-state index contributed by atoms with van der Waals surface area (Å²) in [6.07, 6.45) is 0. The molecule has 0 spiro atoms. The van der Waals surface area contributed by atoms with E-state index in [0.29, 0.717) is 22.9 Å². The molecule has 0 bridgehead atoms. The van der Waals surface area contributed by atoms with Gasteiger partial charge < -0.3 is 5.32 Å². The molecule has 170 valence electrons. The molecule has 5 rings (SSSR count). The van der Waals surface area contributed by atoms with Crippen molar-refractivity contribution in [2.24, 2.45) is 0 Å². The van der Waals surface area contributed by atoms with Gasteiger partial charge in [0.1, 0.15) is 0 Å². The number of fused-ring (bicyclic) bond motifs is 3. The maximum Gasteiger partial charge on any atom is 0.263 e. The lowest BCUT2D eigenvalue weighted by Crippen LogP contribution is -2.28. The summed E-state index contributed by atoms with van der Waals surface area (Å²) in [4.78, 5) is 25.9. The van der Waals surface area contributed by atoms with Gasteiger partial charge in [-0.05, 0) is 30.2 Å². The first kappa shape index (κ1) is 21.9. The molecule has 8 heteroatoms. The first-order valence-corrected chi connectivity index (χ1v) is 12.0. The van der Waals surface area contributed by atoms with Gasteiger partial charge in [-0.15, -0.1) is 10.2 Å². The Balaban J connectivity index is 1.46. The second kappa shape index (κ2) is 9.52. The molecule has 1 unspecified atom stereocenters. The van der Waals surface area contributed by atoms with Gasteiger partial charge in [-0.3, -0.25) is 18.6 Å². The predicted octanol–water partition coefficient (Wildman–Crippen LogP) is 4.06. The van der Waals surface area contributed by atoms with Crippen LogP contribution in [0.4, 0.5) is 0 Å². The van der Waals surface area contributed by atoms with Crippen LogP contribution >= 0.6 is 11.8 Å². The van der Waals surface area contributed by atoms with E-state index >= 15 is 0 Å². The van der Waals surface area contributed by atoms with Crippen LogP contribution in [0.25, 0.3) is 16.7 Å². The van der Waals surface area contributed by atoms with Gasteiger partial charge in [-0.25, -0.2) is 0 Å². The normalized spacial score (nSPS) is 12.1. The molecular formula is C26H23N5O2S. The second-order valence-corrected chi connectivity index (χ2v) is 8.94. The molecule has 2 aromatic heterocycles. The third kappa shape index (κ3) is 4.32. The van der Waals surface area contributed by atoms with Crippen molar-refractivity contribution >= 4 is 34.3 Å². The van der Waals surface area contributed by atoms with Gasteiger partial charge in [-0.2, -0.15) is 0 Å². The van der Waals surface area contributed by atoms with Gasteiger partial charge in [0.15, 0.2) is 5.16 Å². The van der Waals surface area contributed by atoms with Crippen molar-refractivity contribution in [1.29, 1.82) is 0 Å². The van der Waals surface area contributed by atoms with Crippen molar-refractivity contribution in [2.75, 3.05) is 5.75 Å². The van der Waals surface area contributed by atoms with E-state index in [0.717, 1.165) is 16.6 Å².